The van der Waals surface area contributed by atoms with E-state index in [9.17, 15) is 22.7 Å². The van der Waals surface area contributed by atoms with Crippen LogP contribution in [0.5, 0.6) is 0 Å². The molecule has 2 fully saturated rings. The van der Waals surface area contributed by atoms with Crippen molar-refractivity contribution in [2.24, 2.45) is 0 Å². The molecule has 0 bridgehead atoms. The maximum atomic E-state index is 13.2. The highest BCUT2D eigenvalue weighted by Crippen LogP contribution is 2.50. The van der Waals surface area contributed by atoms with Gasteiger partial charge in [-0.05, 0) is 30.2 Å². The number of rotatable bonds is 5. The van der Waals surface area contributed by atoms with Crippen LogP contribution in [0.25, 0.3) is 0 Å². The summed E-state index contributed by atoms with van der Waals surface area (Å²) in [6.07, 6.45) is -7.64. The fourth-order valence-corrected chi connectivity index (χ4v) is 4.06. The molecule has 2 aromatic rings. The zero-order valence-corrected chi connectivity index (χ0v) is 15.6. The maximum absolute atomic E-state index is 13.2. The van der Waals surface area contributed by atoms with Crippen LogP contribution in [0.4, 0.5) is 17.6 Å². The van der Waals surface area contributed by atoms with Gasteiger partial charge in [0.15, 0.2) is 0 Å². The molecule has 1 N–H and O–H groups in total. The Morgan fingerprint density at radius 3 is 1.72 bits per heavy atom. The molecule has 0 saturated carbocycles. The Hall–Kier alpha value is -2.00. The lowest BCUT2D eigenvalue weighted by atomic mass is 9.93. The van der Waals surface area contributed by atoms with E-state index in [0.29, 0.717) is 11.1 Å². The second kappa shape index (κ2) is 7.68. The Kier molecular flexibility index (Phi) is 5.37. The molecule has 4 rings (SSSR count). The van der Waals surface area contributed by atoms with Crippen LogP contribution in [-0.4, -0.2) is 34.9 Å². The number of hydrogen-bond donors (Lipinski definition) is 1. The third-order valence-electron chi connectivity index (χ3n) is 5.68. The van der Waals surface area contributed by atoms with E-state index >= 15 is 0 Å². The summed E-state index contributed by atoms with van der Waals surface area (Å²) in [4.78, 5) is 1.77. The molecule has 2 aliphatic heterocycles. The molecule has 0 amide bonds. The summed E-state index contributed by atoms with van der Waals surface area (Å²) in [5.41, 5.74) is -0.206. The fraction of sp³-hybridized carbons (Fsp3) is 0.429. The van der Waals surface area contributed by atoms with Crippen LogP contribution < -0.4 is 0 Å². The summed E-state index contributed by atoms with van der Waals surface area (Å²) in [7, 11) is 0. The molecule has 2 aromatic carbocycles. The first-order chi connectivity index (χ1) is 13.8. The van der Waals surface area contributed by atoms with Crippen LogP contribution >= 0.6 is 0 Å². The molecular formula is C21H21F4NO3. The Morgan fingerprint density at radius 1 is 0.897 bits per heavy atom. The van der Waals surface area contributed by atoms with Crippen LogP contribution in [-0.2, 0) is 9.47 Å². The van der Waals surface area contributed by atoms with Crippen molar-refractivity contribution in [2.75, 3.05) is 13.2 Å². The highest BCUT2D eigenvalue weighted by Gasteiger charge is 2.59. The van der Waals surface area contributed by atoms with Crippen molar-refractivity contribution in [2.45, 2.75) is 43.9 Å². The van der Waals surface area contributed by atoms with Crippen molar-refractivity contribution in [3.63, 3.8) is 0 Å². The maximum Gasteiger partial charge on any atom is 0.263 e. The van der Waals surface area contributed by atoms with Crippen molar-refractivity contribution in [3.8, 4) is 0 Å². The number of aliphatic hydroxyl groups excluding tert-OH is 1. The number of nitrogens with zero attached hydrogens (tertiary/aromatic N) is 1. The molecule has 8 heteroatoms. The summed E-state index contributed by atoms with van der Waals surface area (Å²) in [5, 5.41) is 10.5. The highest BCUT2D eigenvalue weighted by atomic mass is 19.3. The van der Waals surface area contributed by atoms with Gasteiger partial charge in [-0.15, -0.1) is 0 Å². The van der Waals surface area contributed by atoms with Crippen molar-refractivity contribution in [3.05, 3.63) is 70.8 Å². The first-order valence-electron chi connectivity index (χ1n) is 9.29. The molecule has 3 atom stereocenters. The zero-order chi connectivity index (χ0) is 20.8. The van der Waals surface area contributed by atoms with E-state index < -0.39 is 36.9 Å². The largest absolute Gasteiger partial charge is 0.391 e. The summed E-state index contributed by atoms with van der Waals surface area (Å²) in [6.45, 7) is 1.86. The molecule has 4 nitrogen and oxygen atoms in total. The lowest BCUT2D eigenvalue weighted by molar-refractivity contribution is -0.0656. The first kappa shape index (κ1) is 20.3. The Morgan fingerprint density at radius 2 is 1.34 bits per heavy atom. The average molecular weight is 411 g/mol. The number of benzene rings is 2. The van der Waals surface area contributed by atoms with Crippen molar-refractivity contribution >= 4 is 0 Å². The number of fused-ring (bicyclic) bond motifs is 1. The molecule has 0 aliphatic carbocycles. The molecule has 0 radical (unpaired) electrons. The molecule has 3 unspecified atom stereocenters. The molecule has 29 heavy (non-hydrogen) atoms. The predicted octanol–water partition coefficient (Wildman–Crippen LogP) is 4.74. The van der Waals surface area contributed by atoms with Crippen molar-refractivity contribution in [1.29, 1.82) is 0 Å². The molecule has 0 aromatic heterocycles. The summed E-state index contributed by atoms with van der Waals surface area (Å²) >= 11 is 0. The topological polar surface area (TPSA) is 41.9 Å². The molecule has 0 spiro atoms. The summed E-state index contributed by atoms with van der Waals surface area (Å²) < 4.78 is 64.6. The van der Waals surface area contributed by atoms with E-state index in [1.165, 1.54) is 36.4 Å². The van der Waals surface area contributed by atoms with E-state index in [4.69, 9.17) is 9.47 Å². The quantitative estimate of drug-likeness (QED) is 0.722. The predicted molar refractivity (Wildman–Crippen MR) is 96.4 cm³/mol. The lowest BCUT2D eigenvalue weighted by Gasteiger charge is -2.36. The standard InChI is InChI=1S/C21H21F4NO3/c1-12(27)21-10-28-19(15-6-2-4-13(8-15)17(22)23)26(21)20(29-11-21)16-7-3-5-14(9-16)18(24)25/h2-9,12,17-20,27H,10-11H2,1H3. The van der Waals surface area contributed by atoms with Gasteiger partial charge in [-0.3, -0.25) is 0 Å². The average Bonchev–Trinajstić information content (AvgIpc) is 3.27. The minimum absolute atomic E-state index is 0.124. The third kappa shape index (κ3) is 3.44. The second-order valence-corrected chi connectivity index (χ2v) is 7.46. The van der Waals surface area contributed by atoms with Gasteiger partial charge in [-0.1, -0.05) is 36.4 Å². The summed E-state index contributed by atoms with van der Waals surface area (Å²) in [6, 6.07) is 11.7. The van der Waals surface area contributed by atoms with Gasteiger partial charge in [-0.25, -0.2) is 22.5 Å². The minimum atomic E-state index is -2.63. The number of aliphatic hydroxyl groups is 1. The summed E-state index contributed by atoms with van der Waals surface area (Å²) in [5.74, 6) is 0. The first-order valence-corrected chi connectivity index (χ1v) is 9.29. The Balaban J connectivity index is 1.75. The van der Waals surface area contributed by atoms with Gasteiger partial charge in [0.2, 0.25) is 0 Å². The van der Waals surface area contributed by atoms with Gasteiger partial charge < -0.3 is 14.6 Å². The van der Waals surface area contributed by atoms with Crippen LogP contribution in [0.3, 0.4) is 0 Å². The van der Waals surface area contributed by atoms with E-state index in [1.807, 2.05) is 0 Å². The van der Waals surface area contributed by atoms with Crippen LogP contribution in [0.2, 0.25) is 0 Å². The second-order valence-electron chi connectivity index (χ2n) is 7.46. The van der Waals surface area contributed by atoms with Crippen LogP contribution in [0.1, 0.15) is 54.5 Å². The van der Waals surface area contributed by atoms with E-state index in [2.05, 4.69) is 0 Å². The number of alkyl halides is 4. The van der Waals surface area contributed by atoms with Gasteiger partial charge in [-0.2, -0.15) is 0 Å². The van der Waals surface area contributed by atoms with Gasteiger partial charge in [0.05, 0.1) is 24.9 Å². The van der Waals surface area contributed by atoms with Crippen LogP contribution in [0.15, 0.2) is 48.5 Å². The van der Waals surface area contributed by atoms with E-state index in [-0.39, 0.29) is 24.3 Å². The molecule has 2 aliphatic rings. The van der Waals surface area contributed by atoms with Crippen LogP contribution in [0, 0.1) is 0 Å². The van der Waals surface area contributed by atoms with Crippen molar-refractivity contribution in [1.82, 2.24) is 4.90 Å². The normalized spacial score (nSPS) is 28.3. The zero-order valence-electron chi connectivity index (χ0n) is 15.6. The fourth-order valence-electron chi connectivity index (χ4n) is 4.06. The Bertz CT molecular complexity index is 813. The number of hydrogen-bond acceptors (Lipinski definition) is 4. The monoisotopic (exact) mass is 411 g/mol. The molecule has 2 heterocycles. The smallest absolute Gasteiger partial charge is 0.263 e. The molecule has 2 saturated heterocycles. The molecule has 156 valence electrons. The van der Waals surface area contributed by atoms with Gasteiger partial charge >= 0.3 is 0 Å². The lowest BCUT2D eigenvalue weighted by Crippen LogP contribution is -2.52. The van der Waals surface area contributed by atoms with Gasteiger partial charge in [0.25, 0.3) is 12.9 Å². The third-order valence-corrected chi connectivity index (χ3v) is 5.68. The Labute approximate surface area is 165 Å². The van der Waals surface area contributed by atoms with Crippen molar-refractivity contribution < 1.29 is 32.1 Å². The highest BCUT2D eigenvalue weighted by molar-refractivity contribution is 5.31. The van der Waals surface area contributed by atoms with E-state index in [0.717, 1.165) is 0 Å². The van der Waals surface area contributed by atoms with Gasteiger partial charge in [0, 0.05) is 11.1 Å². The number of ether oxygens (including phenoxy) is 2. The number of halogens is 4. The van der Waals surface area contributed by atoms with E-state index in [1.54, 1.807) is 24.0 Å². The minimum Gasteiger partial charge on any atom is -0.391 e. The molecular weight excluding hydrogens is 390 g/mol. The van der Waals surface area contributed by atoms with Gasteiger partial charge in [0.1, 0.15) is 12.5 Å². The SMILES string of the molecule is CC(O)C12COC(c3cccc(C(F)F)c3)N1C(c1cccc(C(F)F)c1)OC2.